The molecule has 4 nitrogen and oxygen atoms in total. The highest BCUT2D eigenvalue weighted by atomic mass is 35.5. The van der Waals surface area contributed by atoms with Crippen LogP contribution in [0.5, 0.6) is 0 Å². The van der Waals surface area contributed by atoms with Gasteiger partial charge in [0.05, 0.1) is 10.6 Å². The lowest BCUT2D eigenvalue weighted by atomic mass is 10.0. The normalized spacial score (nSPS) is 15.9. The Hall–Kier alpha value is -1.29. The Kier molecular flexibility index (Phi) is 4.30. The Morgan fingerprint density at radius 3 is 2.84 bits per heavy atom. The number of hydrogen-bond donors (Lipinski definition) is 2. The Morgan fingerprint density at radius 1 is 1.53 bits per heavy atom. The van der Waals surface area contributed by atoms with E-state index < -0.39 is 0 Å². The molecule has 1 heterocycles. The van der Waals surface area contributed by atoms with Gasteiger partial charge in [-0.2, -0.15) is 0 Å². The van der Waals surface area contributed by atoms with E-state index in [0.29, 0.717) is 21.8 Å². The van der Waals surface area contributed by atoms with Crippen LogP contribution in [0.25, 0.3) is 0 Å². The Morgan fingerprint density at radius 2 is 2.26 bits per heavy atom. The van der Waals surface area contributed by atoms with Crippen molar-refractivity contribution in [2.24, 2.45) is 5.41 Å². The summed E-state index contributed by atoms with van der Waals surface area (Å²) in [6, 6.07) is 1.68. The van der Waals surface area contributed by atoms with E-state index in [-0.39, 0.29) is 5.91 Å². The van der Waals surface area contributed by atoms with Crippen molar-refractivity contribution >= 4 is 23.3 Å². The van der Waals surface area contributed by atoms with Gasteiger partial charge in [0.15, 0.2) is 0 Å². The maximum absolute atomic E-state index is 12.2. The molecule has 1 aliphatic carbocycles. The second-order valence-corrected chi connectivity index (χ2v) is 5.64. The Bertz CT molecular complexity index is 472. The largest absolute Gasteiger partial charge is 0.373 e. The van der Waals surface area contributed by atoms with Gasteiger partial charge in [0.1, 0.15) is 5.82 Å². The first-order chi connectivity index (χ1) is 9.10. The fraction of sp³-hybridized carbons (Fsp3) is 0.571. The van der Waals surface area contributed by atoms with Crippen molar-refractivity contribution in [1.29, 1.82) is 0 Å². The van der Waals surface area contributed by atoms with Crippen LogP contribution in [0.1, 0.15) is 43.0 Å². The van der Waals surface area contributed by atoms with Crippen molar-refractivity contribution in [2.75, 3.05) is 18.9 Å². The molecule has 0 radical (unpaired) electrons. The molecule has 0 aromatic carbocycles. The van der Waals surface area contributed by atoms with Gasteiger partial charge in [-0.15, -0.1) is 0 Å². The minimum Gasteiger partial charge on any atom is -0.373 e. The number of amides is 1. The van der Waals surface area contributed by atoms with Gasteiger partial charge in [-0.05, 0) is 30.7 Å². The molecule has 1 amide bonds. The molecule has 104 valence electrons. The molecule has 1 saturated carbocycles. The van der Waals surface area contributed by atoms with Crippen LogP contribution < -0.4 is 10.6 Å². The average molecular weight is 282 g/mol. The summed E-state index contributed by atoms with van der Waals surface area (Å²) in [7, 11) is 1.76. The number of carbonyl (C=O) groups is 1. The molecule has 1 aromatic heterocycles. The van der Waals surface area contributed by atoms with Crippen LogP contribution in [0.4, 0.5) is 5.82 Å². The van der Waals surface area contributed by atoms with Gasteiger partial charge in [-0.1, -0.05) is 24.9 Å². The number of pyridine rings is 1. The molecule has 0 spiro atoms. The predicted molar refractivity (Wildman–Crippen MR) is 77.7 cm³/mol. The number of nitrogens with one attached hydrogen (secondary N) is 2. The number of hydrogen-bond acceptors (Lipinski definition) is 3. The van der Waals surface area contributed by atoms with E-state index in [4.69, 9.17) is 11.6 Å². The first-order valence-corrected chi connectivity index (χ1v) is 7.09. The third-order valence-electron chi connectivity index (χ3n) is 3.72. The quantitative estimate of drug-likeness (QED) is 0.842. The fourth-order valence-corrected chi connectivity index (χ4v) is 2.52. The summed E-state index contributed by atoms with van der Waals surface area (Å²) in [5.74, 6) is 0.524. The minimum atomic E-state index is -0.119. The number of anilines is 1. The molecule has 1 aromatic rings. The molecule has 19 heavy (non-hydrogen) atoms. The highest BCUT2D eigenvalue weighted by Crippen LogP contribution is 2.48. The summed E-state index contributed by atoms with van der Waals surface area (Å²) >= 11 is 6.02. The van der Waals surface area contributed by atoms with Crippen molar-refractivity contribution in [3.63, 3.8) is 0 Å². The van der Waals surface area contributed by atoms with Crippen LogP contribution in [0.3, 0.4) is 0 Å². The lowest BCUT2D eigenvalue weighted by Gasteiger charge is -2.15. The highest BCUT2D eigenvalue weighted by Gasteiger charge is 2.41. The first-order valence-electron chi connectivity index (χ1n) is 6.72. The van der Waals surface area contributed by atoms with Crippen LogP contribution in [-0.2, 0) is 0 Å². The van der Waals surface area contributed by atoms with E-state index in [2.05, 4.69) is 22.5 Å². The van der Waals surface area contributed by atoms with Gasteiger partial charge >= 0.3 is 0 Å². The number of carbonyl (C=O) groups excluding carboxylic acids is 1. The van der Waals surface area contributed by atoms with Gasteiger partial charge in [-0.25, -0.2) is 4.98 Å². The van der Waals surface area contributed by atoms with Crippen LogP contribution in [0.15, 0.2) is 12.3 Å². The van der Waals surface area contributed by atoms with E-state index in [1.165, 1.54) is 25.5 Å². The molecule has 0 atom stereocenters. The van der Waals surface area contributed by atoms with Crippen LogP contribution >= 0.6 is 11.6 Å². The van der Waals surface area contributed by atoms with E-state index >= 15 is 0 Å². The molecule has 0 saturated heterocycles. The maximum Gasteiger partial charge on any atom is 0.253 e. The van der Waals surface area contributed by atoms with Crippen molar-refractivity contribution < 1.29 is 4.79 Å². The summed E-state index contributed by atoms with van der Waals surface area (Å²) in [5, 5.41) is 6.29. The smallest absolute Gasteiger partial charge is 0.253 e. The molecule has 2 rings (SSSR count). The molecular formula is C14H20ClN3O. The van der Waals surface area contributed by atoms with Crippen molar-refractivity contribution in [1.82, 2.24) is 10.3 Å². The maximum atomic E-state index is 12.2. The van der Waals surface area contributed by atoms with Crippen LogP contribution in [0, 0.1) is 5.41 Å². The van der Waals surface area contributed by atoms with E-state index in [1.807, 2.05) is 0 Å². The van der Waals surface area contributed by atoms with Gasteiger partial charge < -0.3 is 10.6 Å². The Balaban J connectivity index is 2.00. The molecule has 1 aliphatic rings. The minimum absolute atomic E-state index is 0.119. The standard InChI is InChI=1S/C14H20ClN3O/c1-3-4-14(5-6-14)9-18-13(19)10-7-12(16-2)17-8-11(10)15/h7-8H,3-6,9H2,1-2H3,(H,16,17)(H,18,19). The number of nitrogens with zero attached hydrogens (tertiary/aromatic N) is 1. The molecule has 1 fully saturated rings. The predicted octanol–water partition coefficient (Wildman–Crippen LogP) is 3.09. The highest BCUT2D eigenvalue weighted by molar-refractivity contribution is 6.33. The van der Waals surface area contributed by atoms with Crippen molar-refractivity contribution in [3.8, 4) is 0 Å². The molecule has 2 N–H and O–H groups in total. The van der Waals surface area contributed by atoms with Gasteiger partial charge in [-0.3, -0.25) is 4.79 Å². The second-order valence-electron chi connectivity index (χ2n) is 5.23. The molecular weight excluding hydrogens is 262 g/mol. The molecule has 0 aliphatic heterocycles. The number of halogens is 1. The monoisotopic (exact) mass is 281 g/mol. The molecule has 0 bridgehead atoms. The fourth-order valence-electron chi connectivity index (χ4n) is 2.33. The lowest BCUT2D eigenvalue weighted by Crippen LogP contribution is -2.30. The first kappa shape index (κ1) is 14.1. The topological polar surface area (TPSA) is 54.0 Å². The summed E-state index contributed by atoms with van der Waals surface area (Å²) in [6.07, 6.45) is 6.27. The Labute approximate surface area is 118 Å². The van der Waals surface area contributed by atoms with Gasteiger partial charge in [0.2, 0.25) is 0 Å². The third kappa shape index (κ3) is 3.38. The summed E-state index contributed by atoms with van der Waals surface area (Å²) < 4.78 is 0. The van der Waals surface area contributed by atoms with Gasteiger partial charge in [0.25, 0.3) is 5.91 Å². The zero-order valence-electron chi connectivity index (χ0n) is 11.4. The van der Waals surface area contributed by atoms with E-state index in [1.54, 1.807) is 13.1 Å². The van der Waals surface area contributed by atoms with E-state index in [0.717, 1.165) is 13.0 Å². The molecule has 5 heteroatoms. The SMILES string of the molecule is CCCC1(CNC(=O)c2cc(NC)ncc2Cl)CC1. The lowest BCUT2D eigenvalue weighted by molar-refractivity contribution is 0.0944. The summed E-state index contributed by atoms with van der Waals surface area (Å²) in [4.78, 5) is 16.2. The van der Waals surface area contributed by atoms with Crippen molar-refractivity contribution in [2.45, 2.75) is 32.6 Å². The van der Waals surface area contributed by atoms with E-state index in [9.17, 15) is 4.79 Å². The van der Waals surface area contributed by atoms with Crippen LogP contribution in [0.2, 0.25) is 5.02 Å². The van der Waals surface area contributed by atoms with Crippen molar-refractivity contribution in [3.05, 3.63) is 22.8 Å². The summed E-state index contributed by atoms with van der Waals surface area (Å²) in [6.45, 7) is 2.92. The van der Waals surface area contributed by atoms with Gasteiger partial charge in [0, 0.05) is 19.8 Å². The molecule has 0 unspecified atom stereocenters. The number of aromatic nitrogens is 1. The zero-order valence-corrected chi connectivity index (χ0v) is 12.2. The zero-order chi connectivity index (χ0) is 13.9. The average Bonchev–Trinajstić information content (AvgIpc) is 3.17. The van der Waals surface area contributed by atoms with Crippen LogP contribution in [-0.4, -0.2) is 24.5 Å². The summed E-state index contributed by atoms with van der Waals surface area (Å²) in [5.41, 5.74) is 0.823. The number of rotatable bonds is 6. The second kappa shape index (κ2) is 5.78. The third-order valence-corrected chi connectivity index (χ3v) is 4.02.